The van der Waals surface area contributed by atoms with Crippen molar-refractivity contribution in [3.8, 4) is 0 Å². The number of piperazine rings is 1. The largest absolute Gasteiger partial charge is 0.337 e. The van der Waals surface area contributed by atoms with Gasteiger partial charge in [0.25, 0.3) is 5.91 Å². The monoisotopic (exact) mass is 473 g/mol. The number of rotatable bonds is 4. The molecule has 0 saturated carbocycles. The molecule has 4 rings (SSSR count). The van der Waals surface area contributed by atoms with Crippen LogP contribution in [0.15, 0.2) is 48.5 Å². The summed E-state index contributed by atoms with van der Waals surface area (Å²) in [6.07, 6.45) is 1.80. The summed E-state index contributed by atoms with van der Waals surface area (Å²) in [4.78, 5) is 44.1. The smallest absolute Gasteiger partial charge is 0.255 e. The zero-order valence-electron chi connectivity index (χ0n) is 17.7. The Labute approximate surface area is 197 Å². The van der Waals surface area contributed by atoms with E-state index in [-0.39, 0.29) is 17.7 Å². The van der Waals surface area contributed by atoms with Gasteiger partial charge in [0.05, 0.1) is 17.0 Å². The molecule has 168 valence electrons. The van der Waals surface area contributed by atoms with E-state index in [4.69, 9.17) is 23.2 Å². The number of carbonyl (C=O) groups is 3. The van der Waals surface area contributed by atoms with Gasteiger partial charge in [-0.25, -0.2) is 0 Å². The molecule has 6 nitrogen and oxygen atoms in total. The molecule has 32 heavy (non-hydrogen) atoms. The molecule has 0 radical (unpaired) electrons. The van der Waals surface area contributed by atoms with Crippen molar-refractivity contribution in [3.63, 3.8) is 0 Å². The molecule has 2 aliphatic rings. The third-order valence-electron chi connectivity index (χ3n) is 6.10. The van der Waals surface area contributed by atoms with E-state index in [2.05, 4.69) is 0 Å². The minimum Gasteiger partial charge on any atom is -0.337 e. The maximum Gasteiger partial charge on any atom is 0.255 e. The highest BCUT2D eigenvalue weighted by atomic mass is 35.5. The van der Waals surface area contributed by atoms with Crippen LogP contribution in [0.2, 0.25) is 10.0 Å². The molecule has 2 aliphatic heterocycles. The van der Waals surface area contributed by atoms with Crippen molar-refractivity contribution in [2.24, 2.45) is 0 Å². The summed E-state index contributed by atoms with van der Waals surface area (Å²) in [6.45, 7) is 2.33. The molecule has 3 amide bonds. The van der Waals surface area contributed by atoms with E-state index in [9.17, 15) is 14.4 Å². The van der Waals surface area contributed by atoms with Crippen LogP contribution in [0.5, 0.6) is 0 Å². The van der Waals surface area contributed by atoms with Gasteiger partial charge in [0.2, 0.25) is 11.8 Å². The SMILES string of the molecule is O=C(c1ccc(Cl)cc1Cl)N1CCN(C(=O)C2CCCN2C(=O)Cc2ccccc2)CC1. The van der Waals surface area contributed by atoms with Crippen LogP contribution in [-0.2, 0) is 16.0 Å². The Morgan fingerprint density at radius 3 is 2.25 bits per heavy atom. The molecule has 1 atom stereocenters. The Balaban J connectivity index is 1.35. The van der Waals surface area contributed by atoms with Gasteiger partial charge in [-0.1, -0.05) is 53.5 Å². The number of hydrogen-bond acceptors (Lipinski definition) is 3. The van der Waals surface area contributed by atoms with Crippen LogP contribution in [0, 0.1) is 0 Å². The second-order valence-corrected chi connectivity index (χ2v) is 8.99. The standard InChI is InChI=1S/C24H25Cl2N3O3/c25-18-8-9-19(20(26)16-18)23(31)27-11-13-28(14-12-27)24(32)21-7-4-10-29(21)22(30)15-17-5-2-1-3-6-17/h1-3,5-6,8-9,16,21H,4,7,10-15H2. The molecule has 2 aromatic rings. The maximum absolute atomic E-state index is 13.2. The fourth-order valence-electron chi connectivity index (χ4n) is 4.37. The van der Waals surface area contributed by atoms with Crippen molar-refractivity contribution in [3.05, 3.63) is 69.7 Å². The molecule has 0 aliphatic carbocycles. The van der Waals surface area contributed by atoms with Gasteiger partial charge in [-0.15, -0.1) is 0 Å². The van der Waals surface area contributed by atoms with Gasteiger partial charge in [0.15, 0.2) is 0 Å². The van der Waals surface area contributed by atoms with Crippen molar-refractivity contribution in [1.82, 2.24) is 14.7 Å². The van der Waals surface area contributed by atoms with Crippen LogP contribution in [-0.4, -0.2) is 71.2 Å². The van der Waals surface area contributed by atoms with Gasteiger partial charge < -0.3 is 14.7 Å². The fourth-order valence-corrected chi connectivity index (χ4v) is 4.86. The van der Waals surface area contributed by atoms with Gasteiger partial charge in [-0.05, 0) is 36.6 Å². The van der Waals surface area contributed by atoms with E-state index in [0.29, 0.717) is 61.2 Å². The Morgan fingerprint density at radius 2 is 1.56 bits per heavy atom. The van der Waals surface area contributed by atoms with Crippen LogP contribution < -0.4 is 0 Å². The average Bonchev–Trinajstić information content (AvgIpc) is 3.29. The molecule has 0 N–H and O–H groups in total. The van der Waals surface area contributed by atoms with E-state index < -0.39 is 6.04 Å². The van der Waals surface area contributed by atoms with Gasteiger partial charge in [0, 0.05) is 37.7 Å². The summed E-state index contributed by atoms with van der Waals surface area (Å²) in [5.41, 5.74) is 1.35. The van der Waals surface area contributed by atoms with Gasteiger partial charge >= 0.3 is 0 Å². The van der Waals surface area contributed by atoms with Crippen molar-refractivity contribution < 1.29 is 14.4 Å². The highest BCUT2D eigenvalue weighted by Crippen LogP contribution is 2.24. The van der Waals surface area contributed by atoms with Crippen molar-refractivity contribution in [2.75, 3.05) is 32.7 Å². The zero-order chi connectivity index (χ0) is 22.7. The van der Waals surface area contributed by atoms with Gasteiger partial charge in [-0.3, -0.25) is 14.4 Å². The number of likely N-dealkylation sites (tertiary alicyclic amines) is 1. The number of benzene rings is 2. The molecule has 0 bridgehead atoms. The minimum atomic E-state index is -0.417. The number of amides is 3. The Morgan fingerprint density at radius 1 is 0.875 bits per heavy atom. The highest BCUT2D eigenvalue weighted by molar-refractivity contribution is 6.36. The first-order chi connectivity index (χ1) is 15.4. The van der Waals surface area contributed by atoms with Gasteiger partial charge in [-0.2, -0.15) is 0 Å². The molecule has 0 aromatic heterocycles. The van der Waals surface area contributed by atoms with E-state index in [1.807, 2.05) is 30.3 Å². The minimum absolute atomic E-state index is 0.0155. The molecule has 2 heterocycles. The lowest BCUT2D eigenvalue weighted by molar-refractivity contribution is -0.144. The Kier molecular flexibility index (Phi) is 7.01. The first-order valence-electron chi connectivity index (χ1n) is 10.8. The van der Waals surface area contributed by atoms with Crippen LogP contribution >= 0.6 is 23.2 Å². The van der Waals surface area contributed by atoms with E-state index in [1.54, 1.807) is 32.9 Å². The van der Waals surface area contributed by atoms with Crippen LogP contribution in [0.3, 0.4) is 0 Å². The lowest BCUT2D eigenvalue weighted by Crippen LogP contribution is -2.55. The summed E-state index contributed by atoms with van der Waals surface area (Å²) in [6, 6.07) is 14.0. The third-order valence-corrected chi connectivity index (χ3v) is 6.64. The lowest BCUT2D eigenvalue weighted by Gasteiger charge is -2.37. The maximum atomic E-state index is 13.2. The molecule has 2 fully saturated rings. The Hall–Kier alpha value is -2.57. The molecule has 1 unspecified atom stereocenters. The van der Waals surface area contributed by atoms with E-state index >= 15 is 0 Å². The van der Waals surface area contributed by atoms with Crippen molar-refractivity contribution in [1.29, 1.82) is 0 Å². The number of carbonyl (C=O) groups excluding carboxylic acids is 3. The summed E-state index contributed by atoms with van der Waals surface area (Å²) in [5, 5.41) is 0.796. The average molecular weight is 474 g/mol. The molecule has 0 spiro atoms. The highest BCUT2D eigenvalue weighted by Gasteiger charge is 2.37. The normalized spacial score (nSPS) is 18.7. The number of nitrogens with zero attached hydrogens (tertiary/aromatic N) is 3. The van der Waals surface area contributed by atoms with Gasteiger partial charge in [0.1, 0.15) is 6.04 Å². The van der Waals surface area contributed by atoms with Crippen LogP contribution in [0.4, 0.5) is 0 Å². The third kappa shape index (κ3) is 4.92. The quantitative estimate of drug-likeness (QED) is 0.682. The molecule has 2 aromatic carbocycles. The molecular weight excluding hydrogens is 449 g/mol. The molecule has 8 heteroatoms. The van der Waals surface area contributed by atoms with Crippen LogP contribution in [0.25, 0.3) is 0 Å². The summed E-state index contributed by atoms with van der Waals surface area (Å²) in [7, 11) is 0. The number of hydrogen-bond donors (Lipinski definition) is 0. The predicted molar refractivity (Wildman–Crippen MR) is 124 cm³/mol. The van der Waals surface area contributed by atoms with Crippen LogP contribution in [0.1, 0.15) is 28.8 Å². The number of halogens is 2. The first-order valence-corrected chi connectivity index (χ1v) is 11.6. The van der Waals surface area contributed by atoms with E-state index in [0.717, 1.165) is 12.0 Å². The van der Waals surface area contributed by atoms with Crippen molar-refractivity contribution in [2.45, 2.75) is 25.3 Å². The summed E-state index contributed by atoms with van der Waals surface area (Å²) in [5.74, 6) is -0.210. The summed E-state index contributed by atoms with van der Waals surface area (Å²) >= 11 is 12.1. The molecular formula is C24H25Cl2N3O3. The molecule has 2 saturated heterocycles. The second kappa shape index (κ2) is 9.92. The van der Waals surface area contributed by atoms with E-state index in [1.165, 1.54) is 0 Å². The lowest BCUT2D eigenvalue weighted by atomic mass is 10.1. The predicted octanol–water partition coefficient (Wildman–Crippen LogP) is 3.51. The topological polar surface area (TPSA) is 60.9 Å². The summed E-state index contributed by atoms with van der Waals surface area (Å²) < 4.78 is 0. The fraction of sp³-hybridized carbons (Fsp3) is 0.375. The first kappa shape index (κ1) is 22.6. The second-order valence-electron chi connectivity index (χ2n) is 8.15. The Bertz CT molecular complexity index is 1010. The van der Waals surface area contributed by atoms with Crippen molar-refractivity contribution >= 4 is 40.9 Å². The zero-order valence-corrected chi connectivity index (χ0v) is 19.2.